The third-order valence-corrected chi connectivity index (χ3v) is 7.85. The molecule has 0 fully saturated rings. The van der Waals surface area contributed by atoms with Crippen LogP contribution in [0.25, 0.3) is 10.4 Å². The Morgan fingerprint density at radius 3 is 2.31 bits per heavy atom. The Balaban J connectivity index is 1.91. The lowest BCUT2D eigenvalue weighted by Crippen LogP contribution is -2.50. The van der Waals surface area contributed by atoms with E-state index in [1.165, 1.54) is 7.11 Å². The van der Waals surface area contributed by atoms with E-state index in [9.17, 15) is 4.79 Å². The Kier molecular flexibility index (Phi) is 9.46. The molecule has 0 bridgehead atoms. The number of ether oxygens (including phenoxy) is 4. The molecular formula is C29H32N4O5S. The highest BCUT2D eigenvalue weighted by atomic mass is 32.2. The molecule has 0 saturated heterocycles. The summed E-state index contributed by atoms with van der Waals surface area (Å²) in [5.74, 6) is 2.27. The molecular weight excluding hydrogens is 516 g/mol. The summed E-state index contributed by atoms with van der Waals surface area (Å²) in [4.78, 5) is 19.0. The van der Waals surface area contributed by atoms with E-state index in [-0.39, 0.29) is 6.54 Å². The number of carbonyl (C=O) groups excluding carboxylic acids is 1. The van der Waals surface area contributed by atoms with E-state index in [0.29, 0.717) is 36.0 Å². The molecule has 3 aromatic rings. The molecule has 2 atom stereocenters. The van der Waals surface area contributed by atoms with Gasteiger partial charge in [-0.15, -0.1) is 11.8 Å². The van der Waals surface area contributed by atoms with Gasteiger partial charge < -0.3 is 18.9 Å². The molecule has 0 spiro atoms. The Labute approximate surface area is 232 Å². The van der Waals surface area contributed by atoms with E-state index in [4.69, 9.17) is 24.5 Å². The first-order valence-corrected chi connectivity index (χ1v) is 13.5. The van der Waals surface area contributed by atoms with Crippen LogP contribution in [0.15, 0.2) is 70.7 Å². The number of fused-ring (bicyclic) bond motifs is 1. The molecule has 9 nitrogen and oxygen atoms in total. The van der Waals surface area contributed by atoms with E-state index in [0.717, 1.165) is 27.1 Å². The topological polar surface area (TPSA) is 106 Å². The van der Waals surface area contributed by atoms with Crippen molar-refractivity contribution in [2.75, 3.05) is 33.6 Å². The Morgan fingerprint density at radius 1 is 1.03 bits per heavy atom. The fourth-order valence-corrected chi connectivity index (χ4v) is 6.11. The number of benzene rings is 3. The third kappa shape index (κ3) is 6.02. The highest BCUT2D eigenvalue weighted by molar-refractivity contribution is 7.99. The van der Waals surface area contributed by atoms with Crippen molar-refractivity contribution in [1.82, 2.24) is 4.90 Å². The second kappa shape index (κ2) is 13.2. The third-order valence-electron chi connectivity index (χ3n) is 6.76. The van der Waals surface area contributed by atoms with E-state index in [1.807, 2.05) is 67.6 Å². The smallest absolute Gasteiger partial charge is 0.410 e. The molecule has 10 heteroatoms. The van der Waals surface area contributed by atoms with Gasteiger partial charge in [0.25, 0.3) is 0 Å². The maximum atomic E-state index is 13.3. The van der Waals surface area contributed by atoms with E-state index < -0.39 is 18.2 Å². The molecule has 0 saturated carbocycles. The highest BCUT2D eigenvalue weighted by Gasteiger charge is 2.43. The van der Waals surface area contributed by atoms with Crippen LogP contribution in [0.3, 0.4) is 0 Å². The molecule has 0 aromatic heterocycles. The second-order valence-corrected chi connectivity index (χ2v) is 10.1. The highest BCUT2D eigenvalue weighted by Crippen LogP contribution is 2.52. The molecule has 39 heavy (non-hydrogen) atoms. The van der Waals surface area contributed by atoms with Crippen LogP contribution in [0.4, 0.5) is 4.79 Å². The van der Waals surface area contributed by atoms with Gasteiger partial charge in [0.05, 0.1) is 27.4 Å². The molecule has 1 amide bonds. The zero-order valence-electron chi connectivity index (χ0n) is 22.5. The predicted molar refractivity (Wildman–Crippen MR) is 151 cm³/mol. The van der Waals surface area contributed by atoms with Crippen molar-refractivity contribution in [3.8, 4) is 17.2 Å². The lowest BCUT2D eigenvalue weighted by Gasteiger charge is -2.43. The molecule has 0 radical (unpaired) electrons. The van der Waals surface area contributed by atoms with Crippen LogP contribution in [0.5, 0.6) is 17.2 Å². The SMILES string of the molecule is COC(=O)N1[C@H](CN=[N+]=[N-])Cc2c(OC)c(C)c(OC)c(OCc3ccccc3)c2[C@@H]1CSc1ccccc1. The maximum Gasteiger partial charge on any atom is 0.410 e. The van der Waals surface area contributed by atoms with Crippen molar-refractivity contribution < 1.29 is 23.7 Å². The van der Waals surface area contributed by atoms with Crippen LogP contribution >= 0.6 is 11.8 Å². The number of thioether (sulfide) groups is 1. The van der Waals surface area contributed by atoms with Crippen LogP contribution in [-0.2, 0) is 17.8 Å². The first-order chi connectivity index (χ1) is 19.0. The molecule has 1 heterocycles. The van der Waals surface area contributed by atoms with Gasteiger partial charge in [-0.3, -0.25) is 4.90 Å². The number of hydrogen-bond donors (Lipinski definition) is 0. The number of rotatable bonds is 10. The first-order valence-electron chi connectivity index (χ1n) is 12.5. The summed E-state index contributed by atoms with van der Waals surface area (Å²) in [7, 11) is 4.57. The van der Waals surface area contributed by atoms with Gasteiger partial charge in [-0.1, -0.05) is 53.6 Å². The average Bonchev–Trinajstić information content (AvgIpc) is 2.97. The van der Waals surface area contributed by atoms with Crippen LogP contribution in [-0.4, -0.2) is 50.7 Å². The molecule has 0 unspecified atom stereocenters. The average molecular weight is 549 g/mol. The number of amides is 1. The molecule has 204 valence electrons. The van der Waals surface area contributed by atoms with Crippen LogP contribution in [0.1, 0.15) is 28.3 Å². The van der Waals surface area contributed by atoms with Gasteiger partial charge in [-0.05, 0) is 36.6 Å². The molecule has 0 N–H and O–H groups in total. The maximum absolute atomic E-state index is 13.3. The van der Waals surface area contributed by atoms with Crippen LogP contribution in [0, 0.1) is 6.92 Å². The minimum absolute atomic E-state index is 0.0893. The van der Waals surface area contributed by atoms with Gasteiger partial charge in [-0.2, -0.15) is 0 Å². The molecule has 3 aromatic carbocycles. The zero-order chi connectivity index (χ0) is 27.8. The normalized spacial score (nSPS) is 16.1. The summed E-state index contributed by atoms with van der Waals surface area (Å²) in [5, 5.41) is 3.83. The fraction of sp³-hybridized carbons (Fsp3) is 0.345. The van der Waals surface area contributed by atoms with Gasteiger partial charge in [0.2, 0.25) is 0 Å². The van der Waals surface area contributed by atoms with Gasteiger partial charge in [-0.25, -0.2) is 4.79 Å². The Bertz CT molecular complexity index is 1330. The van der Waals surface area contributed by atoms with Crippen LogP contribution < -0.4 is 14.2 Å². The van der Waals surface area contributed by atoms with Crippen molar-refractivity contribution >= 4 is 17.9 Å². The van der Waals surface area contributed by atoms with Crippen molar-refractivity contribution in [2.45, 2.75) is 36.9 Å². The number of methoxy groups -OCH3 is 3. The summed E-state index contributed by atoms with van der Waals surface area (Å²) < 4.78 is 23.5. The van der Waals surface area contributed by atoms with Crippen molar-refractivity contribution in [1.29, 1.82) is 0 Å². The molecule has 1 aliphatic rings. The van der Waals surface area contributed by atoms with E-state index >= 15 is 0 Å². The number of carbonyl (C=O) groups is 1. The van der Waals surface area contributed by atoms with Crippen molar-refractivity contribution in [2.24, 2.45) is 5.11 Å². The summed E-state index contributed by atoms with van der Waals surface area (Å²) in [6.07, 6.45) is -0.115. The molecule has 4 rings (SSSR count). The predicted octanol–water partition coefficient (Wildman–Crippen LogP) is 6.73. The van der Waals surface area contributed by atoms with E-state index in [1.54, 1.807) is 30.9 Å². The number of hydrogen-bond acceptors (Lipinski definition) is 7. The van der Waals surface area contributed by atoms with E-state index in [2.05, 4.69) is 10.0 Å². The lowest BCUT2D eigenvalue weighted by molar-refractivity contribution is 0.0801. The number of nitrogens with zero attached hydrogens (tertiary/aromatic N) is 4. The quantitative estimate of drug-likeness (QED) is 0.120. The summed E-state index contributed by atoms with van der Waals surface area (Å²) in [6.45, 7) is 2.33. The minimum Gasteiger partial charge on any atom is -0.496 e. The van der Waals surface area contributed by atoms with Gasteiger partial charge in [0.15, 0.2) is 11.5 Å². The molecule has 1 aliphatic heterocycles. The monoisotopic (exact) mass is 548 g/mol. The zero-order valence-corrected chi connectivity index (χ0v) is 23.3. The van der Waals surface area contributed by atoms with Crippen LogP contribution in [0.2, 0.25) is 0 Å². The van der Waals surface area contributed by atoms with Gasteiger partial charge in [0.1, 0.15) is 12.4 Å². The summed E-state index contributed by atoms with van der Waals surface area (Å²) >= 11 is 1.61. The Hall–Kier alpha value is -4.01. The summed E-state index contributed by atoms with van der Waals surface area (Å²) in [5.41, 5.74) is 12.6. The van der Waals surface area contributed by atoms with Gasteiger partial charge in [0, 0.05) is 44.8 Å². The van der Waals surface area contributed by atoms with Crippen molar-refractivity contribution in [3.05, 3.63) is 93.4 Å². The Morgan fingerprint density at radius 2 is 1.69 bits per heavy atom. The number of azide groups is 1. The standard InChI is InChI=1S/C29H32N4O5S/c1-19-26(35-2)23-15-21(16-31-32-30)33(29(34)37-4)24(18-39-22-13-9-6-10-14-22)25(23)28(27(19)36-3)38-17-20-11-7-5-8-12-20/h5-14,21,24H,15-18H2,1-4H3/t21-,24-/m0/s1. The van der Waals surface area contributed by atoms with Gasteiger partial charge >= 0.3 is 6.09 Å². The second-order valence-electron chi connectivity index (χ2n) is 8.98. The fourth-order valence-electron chi connectivity index (χ4n) is 5.08. The minimum atomic E-state index is -0.509. The summed E-state index contributed by atoms with van der Waals surface area (Å²) in [6, 6.07) is 18.9. The van der Waals surface area contributed by atoms with Crippen molar-refractivity contribution in [3.63, 3.8) is 0 Å². The molecule has 0 aliphatic carbocycles. The largest absolute Gasteiger partial charge is 0.496 e. The first kappa shape index (κ1) is 28.0. The lowest BCUT2D eigenvalue weighted by atomic mass is 9.85.